The number of nitrogens with zero attached hydrogens (tertiary/aromatic N) is 2. The van der Waals surface area contributed by atoms with Crippen LogP contribution in [0.2, 0.25) is 0 Å². The van der Waals surface area contributed by atoms with Crippen molar-refractivity contribution in [2.75, 3.05) is 0 Å². The van der Waals surface area contributed by atoms with Crippen LogP contribution >= 0.6 is 15.9 Å². The van der Waals surface area contributed by atoms with E-state index in [-0.39, 0.29) is 0 Å². The van der Waals surface area contributed by atoms with Crippen LogP contribution in [0, 0.1) is 11.8 Å². The smallest absolute Gasteiger partial charge is 0.156 e. The summed E-state index contributed by atoms with van der Waals surface area (Å²) in [4.78, 5) is 10.6. The molecule has 15 heavy (non-hydrogen) atoms. The molecule has 0 saturated carbocycles. The number of nitroso groups, excluding NO2 is 1. The van der Waals surface area contributed by atoms with Crippen LogP contribution in [0.5, 0.6) is 0 Å². The topological polar surface area (TPSA) is 58.1 Å². The molecule has 1 N–H and O–H groups in total. The lowest BCUT2D eigenvalue weighted by Crippen LogP contribution is -1.77. The normalized spacial score (nSPS) is 10.3. The van der Waals surface area contributed by atoms with Crippen molar-refractivity contribution >= 4 is 21.6 Å². The van der Waals surface area contributed by atoms with E-state index in [4.69, 9.17) is 0 Å². The summed E-state index contributed by atoms with van der Waals surface area (Å²) in [6, 6.07) is 7.56. The molecule has 2 rings (SSSR count). The van der Waals surface area contributed by atoms with E-state index >= 15 is 0 Å². The molecular formula is C10H8BrN3O. The second-order valence-electron chi connectivity index (χ2n) is 3.14. The largest absolute Gasteiger partial charge is 0.280 e. The number of halogens is 1. The van der Waals surface area contributed by atoms with Gasteiger partial charge in [0.05, 0.1) is 5.69 Å². The highest BCUT2D eigenvalue weighted by Gasteiger charge is 2.12. The fourth-order valence-electron chi connectivity index (χ4n) is 1.34. The van der Waals surface area contributed by atoms with Crippen molar-refractivity contribution < 1.29 is 0 Å². The molecule has 0 unspecified atom stereocenters. The molecule has 1 aromatic heterocycles. The quantitative estimate of drug-likeness (QED) is 0.845. The highest BCUT2D eigenvalue weighted by atomic mass is 79.9. The second kappa shape index (κ2) is 3.94. The molecule has 0 fully saturated rings. The molecule has 1 aromatic carbocycles. The first-order chi connectivity index (χ1) is 7.22. The highest BCUT2D eigenvalue weighted by molar-refractivity contribution is 9.10. The van der Waals surface area contributed by atoms with Crippen LogP contribution in [-0.4, -0.2) is 10.2 Å². The van der Waals surface area contributed by atoms with Crippen LogP contribution in [-0.2, 0) is 0 Å². The molecule has 2 aromatic rings. The third-order valence-corrected chi connectivity index (χ3v) is 2.65. The Hall–Kier alpha value is -1.49. The van der Waals surface area contributed by atoms with E-state index < -0.39 is 0 Å². The van der Waals surface area contributed by atoms with Gasteiger partial charge in [0.15, 0.2) is 5.69 Å². The maximum atomic E-state index is 10.6. The zero-order valence-electron chi connectivity index (χ0n) is 7.99. The van der Waals surface area contributed by atoms with E-state index in [9.17, 15) is 4.91 Å². The van der Waals surface area contributed by atoms with E-state index in [1.807, 2.05) is 24.3 Å². The van der Waals surface area contributed by atoms with Crippen LogP contribution in [0.4, 0.5) is 5.69 Å². The summed E-state index contributed by atoms with van der Waals surface area (Å²) >= 11 is 3.35. The Bertz CT molecular complexity index is 490. The van der Waals surface area contributed by atoms with Crippen LogP contribution < -0.4 is 0 Å². The second-order valence-corrected chi connectivity index (χ2v) is 4.06. The van der Waals surface area contributed by atoms with Gasteiger partial charge in [-0.05, 0) is 24.2 Å². The minimum absolute atomic E-state index is 0.373. The number of nitrogens with one attached hydrogen (secondary N) is 1. The molecule has 0 radical (unpaired) electrons. The van der Waals surface area contributed by atoms with Gasteiger partial charge >= 0.3 is 0 Å². The maximum absolute atomic E-state index is 10.6. The van der Waals surface area contributed by atoms with Crippen molar-refractivity contribution in [1.29, 1.82) is 0 Å². The third kappa shape index (κ3) is 1.83. The molecule has 0 aliphatic heterocycles. The van der Waals surface area contributed by atoms with Crippen molar-refractivity contribution in [1.82, 2.24) is 10.2 Å². The molecule has 0 amide bonds. The molecule has 0 aliphatic carbocycles. The predicted molar refractivity (Wildman–Crippen MR) is 61.9 cm³/mol. The van der Waals surface area contributed by atoms with Gasteiger partial charge in [-0.2, -0.15) is 5.10 Å². The van der Waals surface area contributed by atoms with Gasteiger partial charge in [-0.25, -0.2) is 0 Å². The summed E-state index contributed by atoms with van der Waals surface area (Å²) in [5.41, 5.74) is 2.52. The van der Waals surface area contributed by atoms with E-state index in [1.165, 1.54) is 0 Å². The zero-order valence-corrected chi connectivity index (χ0v) is 9.58. The SMILES string of the molecule is Cc1[nH]nc(-c2ccc(Br)cc2)c1N=O. The summed E-state index contributed by atoms with van der Waals surface area (Å²) in [7, 11) is 0. The van der Waals surface area contributed by atoms with Crippen molar-refractivity contribution in [3.63, 3.8) is 0 Å². The number of H-pyrrole nitrogens is 1. The van der Waals surface area contributed by atoms with Crippen molar-refractivity contribution in [2.24, 2.45) is 5.18 Å². The fourth-order valence-corrected chi connectivity index (χ4v) is 1.61. The van der Waals surface area contributed by atoms with Gasteiger partial charge in [-0.15, -0.1) is 4.91 Å². The number of aryl methyl sites for hydroxylation is 1. The molecule has 5 heteroatoms. The van der Waals surface area contributed by atoms with Gasteiger partial charge in [-0.1, -0.05) is 28.1 Å². The summed E-state index contributed by atoms with van der Waals surface area (Å²) in [5.74, 6) is 0. The van der Waals surface area contributed by atoms with Gasteiger partial charge in [0, 0.05) is 10.0 Å². The van der Waals surface area contributed by atoms with Crippen molar-refractivity contribution in [3.05, 3.63) is 39.3 Å². The van der Waals surface area contributed by atoms with Crippen LogP contribution in [0.15, 0.2) is 33.9 Å². The number of rotatable bonds is 2. The number of hydrogen-bond acceptors (Lipinski definition) is 3. The lowest BCUT2D eigenvalue weighted by atomic mass is 10.1. The van der Waals surface area contributed by atoms with E-state index in [2.05, 4.69) is 31.3 Å². The van der Waals surface area contributed by atoms with Crippen LogP contribution in [0.3, 0.4) is 0 Å². The molecule has 0 spiro atoms. The lowest BCUT2D eigenvalue weighted by molar-refractivity contribution is 1.05. The molecule has 0 bridgehead atoms. The van der Waals surface area contributed by atoms with Gasteiger partial charge in [0.2, 0.25) is 0 Å². The average Bonchev–Trinajstić information content (AvgIpc) is 2.61. The Labute approximate surface area is 94.8 Å². The number of hydrogen-bond donors (Lipinski definition) is 1. The van der Waals surface area contributed by atoms with Gasteiger partial charge in [-0.3, -0.25) is 5.10 Å². The minimum atomic E-state index is 0.373. The fraction of sp³-hybridized carbons (Fsp3) is 0.100. The standard InChI is InChI=1S/C10H8BrN3O/c1-6-9(14-15)10(13-12-6)7-2-4-8(11)5-3-7/h2-5H,1H3,(H,12,13). The Morgan fingerprint density at radius 1 is 1.33 bits per heavy atom. The molecule has 0 aliphatic rings. The summed E-state index contributed by atoms with van der Waals surface area (Å²) in [5, 5.41) is 9.77. The van der Waals surface area contributed by atoms with Gasteiger partial charge in [0.25, 0.3) is 0 Å². The lowest BCUT2D eigenvalue weighted by Gasteiger charge is -1.97. The van der Waals surface area contributed by atoms with Crippen LogP contribution in [0.1, 0.15) is 5.69 Å². The number of aromatic nitrogens is 2. The van der Waals surface area contributed by atoms with Gasteiger partial charge in [0.1, 0.15) is 5.69 Å². The molecule has 4 nitrogen and oxygen atoms in total. The first-order valence-corrected chi connectivity index (χ1v) is 5.16. The minimum Gasteiger partial charge on any atom is -0.280 e. The molecular weight excluding hydrogens is 258 g/mol. The summed E-state index contributed by atoms with van der Waals surface area (Å²) < 4.78 is 0.985. The Balaban J connectivity index is 2.53. The maximum Gasteiger partial charge on any atom is 0.156 e. The first kappa shape index (κ1) is 10.0. The average molecular weight is 266 g/mol. The van der Waals surface area contributed by atoms with Crippen molar-refractivity contribution in [2.45, 2.75) is 6.92 Å². The van der Waals surface area contributed by atoms with E-state index in [0.717, 1.165) is 10.0 Å². The molecule has 0 atom stereocenters. The Kier molecular flexibility index (Phi) is 2.64. The Morgan fingerprint density at radius 3 is 2.60 bits per heavy atom. The van der Waals surface area contributed by atoms with Gasteiger partial charge < -0.3 is 0 Å². The monoisotopic (exact) mass is 265 g/mol. The van der Waals surface area contributed by atoms with Crippen LogP contribution in [0.25, 0.3) is 11.3 Å². The first-order valence-electron chi connectivity index (χ1n) is 4.36. The molecule has 0 saturated heterocycles. The predicted octanol–water partition coefficient (Wildman–Crippen LogP) is 3.55. The van der Waals surface area contributed by atoms with E-state index in [0.29, 0.717) is 17.1 Å². The van der Waals surface area contributed by atoms with E-state index in [1.54, 1.807) is 6.92 Å². The van der Waals surface area contributed by atoms with Crippen molar-refractivity contribution in [3.8, 4) is 11.3 Å². The summed E-state index contributed by atoms with van der Waals surface area (Å²) in [6.45, 7) is 1.77. The summed E-state index contributed by atoms with van der Waals surface area (Å²) in [6.07, 6.45) is 0. The Morgan fingerprint density at radius 2 is 2.00 bits per heavy atom. The zero-order chi connectivity index (χ0) is 10.8. The highest BCUT2D eigenvalue weighted by Crippen LogP contribution is 2.31. The third-order valence-electron chi connectivity index (χ3n) is 2.12. The number of aromatic amines is 1. The molecule has 1 heterocycles. The number of benzene rings is 1. The molecule has 76 valence electrons.